The molecule has 1 aliphatic rings. The predicted molar refractivity (Wildman–Crippen MR) is 72.6 cm³/mol. The van der Waals surface area contributed by atoms with Crippen LogP contribution in [0.15, 0.2) is 18.3 Å². The van der Waals surface area contributed by atoms with E-state index in [0.29, 0.717) is 18.2 Å². The third kappa shape index (κ3) is 3.24. The molecule has 1 saturated heterocycles. The number of nitrogens with zero attached hydrogens (tertiary/aromatic N) is 3. The molecular formula is C13H18N4O3. The number of aliphatic hydroxyl groups excluding tert-OH is 1. The summed E-state index contributed by atoms with van der Waals surface area (Å²) in [6, 6.07) is 4.10. The van der Waals surface area contributed by atoms with E-state index in [1.54, 1.807) is 6.20 Å². The van der Waals surface area contributed by atoms with Gasteiger partial charge in [-0.25, -0.2) is 4.98 Å². The summed E-state index contributed by atoms with van der Waals surface area (Å²) < 4.78 is 10.7. The van der Waals surface area contributed by atoms with Gasteiger partial charge in [-0.3, -0.25) is 4.90 Å². The SMILES string of the molecule is OC(COc1nc2ncccc2[nH]1)CN1CCOCC1. The number of hydrogen-bond acceptors (Lipinski definition) is 6. The van der Waals surface area contributed by atoms with Gasteiger partial charge in [-0.05, 0) is 12.1 Å². The Hall–Kier alpha value is -1.70. The van der Waals surface area contributed by atoms with Gasteiger partial charge in [0.1, 0.15) is 12.7 Å². The molecule has 7 heteroatoms. The lowest BCUT2D eigenvalue weighted by Gasteiger charge is -2.28. The second-order valence-electron chi connectivity index (χ2n) is 4.79. The van der Waals surface area contributed by atoms with E-state index in [-0.39, 0.29) is 6.61 Å². The van der Waals surface area contributed by atoms with Crippen LogP contribution in [-0.2, 0) is 4.74 Å². The number of imidazole rings is 1. The number of ether oxygens (including phenoxy) is 2. The van der Waals surface area contributed by atoms with E-state index >= 15 is 0 Å². The fraction of sp³-hybridized carbons (Fsp3) is 0.538. The van der Waals surface area contributed by atoms with Crippen molar-refractivity contribution >= 4 is 11.2 Å². The largest absolute Gasteiger partial charge is 0.462 e. The molecule has 0 saturated carbocycles. The number of aromatic amines is 1. The second-order valence-corrected chi connectivity index (χ2v) is 4.79. The number of aromatic nitrogens is 3. The van der Waals surface area contributed by atoms with Gasteiger partial charge in [0.05, 0.1) is 18.7 Å². The third-order valence-corrected chi connectivity index (χ3v) is 3.22. The Morgan fingerprint density at radius 3 is 3.10 bits per heavy atom. The molecule has 1 fully saturated rings. The average Bonchev–Trinajstić information content (AvgIpc) is 2.89. The minimum Gasteiger partial charge on any atom is -0.462 e. The van der Waals surface area contributed by atoms with E-state index in [9.17, 15) is 5.11 Å². The maximum Gasteiger partial charge on any atom is 0.296 e. The van der Waals surface area contributed by atoms with E-state index in [2.05, 4.69) is 19.9 Å². The van der Waals surface area contributed by atoms with E-state index in [0.717, 1.165) is 31.8 Å². The predicted octanol–water partition coefficient (Wildman–Crippen LogP) is 0.0298. The topological polar surface area (TPSA) is 83.5 Å². The maximum atomic E-state index is 9.97. The summed E-state index contributed by atoms with van der Waals surface area (Å²) in [6.45, 7) is 3.95. The number of H-pyrrole nitrogens is 1. The Morgan fingerprint density at radius 2 is 2.30 bits per heavy atom. The van der Waals surface area contributed by atoms with Gasteiger partial charge in [0, 0.05) is 25.8 Å². The quantitative estimate of drug-likeness (QED) is 0.803. The van der Waals surface area contributed by atoms with E-state index in [4.69, 9.17) is 9.47 Å². The van der Waals surface area contributed by atoms with Crippen molar-refractivity contribution in [3.8, 4) is 6.01 Å². The first-order valence-corrected chi connectivity index (χ1v) is 6.73. The molecule has 2 aromatic rings. The van der Waals surface area contributed by atoms with Gasteiger partial charge in [0.25, 0.3) is 6.01 Å². The molecule has 3 heterocycles. The summed E-state index contributed by atoms with van der Waals surface area (Å²) in [5.74, 6) is 0. The number of fused-ring (bicyclic) bond motifs is 1. The number of rotatable bonds is 5. The van der Waals surface area contributed by atoms with Gasteiger partial charge < -0.3 is 19.6 Å². The fourth-order valence-corrected chi connectivity index (χ4v) is 2.20. The normalized spacial score (nSPS) is 18.2. The molecule has 0 amide bonds. The van der Waals surface area contributed by atoms with Crippen molar-refractivity contribution in [1.82, 2.24) is 19.9 Å². The lowest BCUT2D eigenvalue weighted by atomic mass is 10.3. The summed E-state index contributed by atoms with van der Waals surface area (Å²) in [6.07, 6.45) is 1.13. The van der Waals surface area contributed by atoms with Crippen LogP contribution in [0.5, 0.6) is 6.01 Å². The molecule has 1 aliphatic heterocycles. The molecular weight excluding hydrogens is 260 g/mol. The van der Waals surface area contributed by atoms with Crippen molar-refractivity contribution in [2.24, 2.45) is 0 Å². The van der Waals surface area contributed by atoms with Crippen LogP contribution in [0.2, 0.25) is 0 Å². The van der Waals surface area contributed by atoms with Crippen molar-refractivity contribution < 1.29 is 14.6 Å². The van der Waals surface area contributed by atoms with Crippen molar-refractivity contribution in [1.29, 1.82) is 0 Å². The molecule has 0 aromatic carbocycles. The minimum atomic E-state index is -0.547. The average molecular weight is 278 g/mol. The molecule has 108 valence electrons. The highest BCUT2D eigenvalue weighted by Gasteiger charge is 2.16. The Kier molecular flexibility index (Phi) is 4.10. The Labute approximate surface area is 116 Å². The summed E-state index contributed by atoms with van der Waals surface area (Å²) in [5, 5.41) is 9.97. The number of pyridine rings is 1. The minimum absolute atomic E-state index is 0.206. The Bertz CT molecular complexity index is 520. The van der Waals surface area contributed by atoms with Crippen LogP contribution in [0, 0.1) is 0 Å². The smallest absolute Gasteiger partial charge is 0.296 e. The molecule has 7 nitrogen and oxygen atoms in total. The highest BCUT2D eigenvalue weighted by Crippen LogP contribution is 2.12. The van der Waals surface area contributed by atoms with Crippen molar-refractivity contribution in [3.63, 3.8) is 0 Å². The molecule has 2 N–H and O–H groups in total. The molecule has 0 aliphatic carbocycles. The molecule has 2 aromatic heterocycles. The van der Waals surface area contributed by atoms with Crippen molar-refractivity contribution in [3.05, 3.63) is 18.3 Å². The number of aliphatic hydroxyl groups is 1. The first kappa shape index (κ1) is 13.3. The summed E-state index contributed by atoms with van der Waals surface area (Å²) in [5.41, 5.74) is 1.44. The van der Waals surface area contributed by atoms with E-state index < -0.39 is 6.10 Å². The summed E-state index contributed by atoms with van der Waals surface area (Å²) in [7, 11) is 0. The number of hydrogen-bond donors (Lipinski definition) is 2. The zero-order valence-electron chi connectivity index (χ0n) is 11.2. The molecule has 1 unspecified atom stereocenters. The highest BCUT2D eigenvalue weighted by molar-refractivity contribution is 5.70. The lowest BCUT2D eigenvalue weighted by molar-refractivity contribution is 0.00387. The Balaban J connectivity index is 1.50. The van der Waals surface area contributed by atoms with Crippen molar-refractivity contribution in [2.45, 2.75) is 6.10 Å². The third-order valence-electron chi connectivity index (χ3n) is 3.22. The standard InChI is InChI=1S/C13H18N4O3/c18-10(8-17-4-6-19-7-5-17)9-20-13-15-11-2-1-3-14-12(11)16-13/h1-3,10,18H,4-9H2,(H,14,15,16). The number of morpholine rings is 1. The highest BCUT2D eigenvalue weighted by atomic mass is 16.5. The van der Waals surface area contributed by atoms with Crippen molar-refractivity contribution in [2.75, 3.05) is 39.5 Å². The molecule has 20 heavy (non-hydrogen) atoms. The Morgan fingerprint density at radius 1 is 1.45 bits per heavy atom. The molecule has 3 rings (SSSR count). The zero-order valence-corrected chi connectivity index (χ0v) is 11.2. The molecule has 0 bridgehead atoms. The van der Waals surface area contributed by atoms with E-state index in [1.807, 2.05) is 12.1 Å². The number of β-amino-alcohol motifs (C(OH)–C–C–N with tert-alkyl or cyclic N) is 1. The monoisotopic (exact) mass is 278 g/mol. The summed E-state index contributed by atoms with van der Waals surface area (Å²) in [4.78, 5) is 13.5. The van der Waals surface area contributed by atoms with Crippen LogP contribution in [0.4, 0.5) is 0 Å². The van der Waals surface area contributed by atoms with Crippen LogP contribution in [0.1, 0.15) is 0 Å². The van der Waals surface area contributed by atoms with Crippen LogP contribution in [-0.4, -0.2) is 70.5 Å². The van der Waals surface area contributed by atoms with Crippen LogP contribution in [0.3, 0.4) is 0 Å². The van der Waals surface area contributed by atoms with Gasteiger partial charge in [-0.1, -0.05) is 0 Å². The summed E-state index contributed by atoms with van der Waals surface area (Å²) >= 11 is 0. The van der Waals surface area contributed by atoms with Gasteiger partial charge in [-0.2, -0.15) is 4.98 Å². The first-order valence-electron chi connectivity index (χ1n) is 6.73. The first-order chi connectivity index (χ1) is 9.81. The second kappa shape index (κ2) is 6.17. The van der Waals surface area contributed by atoms with Gasteiger partial charge >= 0.3 is 0 Å². The molecule has 0 spiro atoms. The fourth-order valence-electron chi connectivity index (χ4n) is 2.20. The molecule has 1 atom stereocenters. The zero-order chi connectivity index (χ0) is 13.8. The van der Waals surface area contributed by atoms with Gasteiger partial charge in [0.15, 0.2) is 5.65 Å². The van der Waals surface area contributed by atoms with Crippen LogP contribution < -0.4 is 4.74 Å². The van der Waals surface area contributed by atoms with Crippen LogP contribution in [0.25, 0.3) is 11.2 Å². The van der Waals surface area contributed by atoms with Crippen LogP contribution >= 0.6 is 0 Å². The van der Waals surface area contributed by atoms with Gasteiger partial charge in [-0.15, -0.1) is 0 Å². The maximum absolute atomic E-state index is 9.97. The molecule has 0 radical (unpaired) electrons. The number of nitrogens with one attached hydrogen (secondary N) is 1. The van der Waals surface area contributed by atoms with E-state index in [1.165, 1.54) is 0 Å². The lowest BCUT2D eigenvalue weighted by Crippen LogP contribution is -2.42. The van der Waals surface area contributed by atoms with Gasteiger partial charge in [0.2, 0.25) is 0 Å².